The Hall–Kier alpha value is 0.207. The summed E-state index contributed by atoms with van der Waals surface area (Å²) in [6.07, 6.45) is 4.99. The third-order valence-electron chi connectivity index (χ3n) is 3.02. The van der Waals surface area contributed by atoms with Crippen LogP contribution in [0.1, 0.15) is 40.0 Å². The summed E-state index contributed by atoms with van der Waals surface area (Å²) < 4.78 is 0. The monoisotopic (exact) mass is 276 g/mol. The predicted octanol–water partition coefficient (Wildman–Crippen LogP) is 4.60. The maximum absolute atomic E-state index is 10.1. The van der Waals surface area contributed by atoms with Crippen LogP contribution in [-0.4, -0.2) is 24.3 Å². The van der Waals surface area contributed by atoms with Gasteiger partial charge >= 0.3 is 0 Å². The first-order chi connectivity index (χ1) is 7.64. The SMILES string of the molecule is CC(C)=CCCC(C)CC(O)C(Cl)[Si](C)(C)C. The Morgan fingerprint density at radius 1 is 1.29 bits per heavy atom. The maximum atomic E-state index is 10.1. The summed E-state index contributed by atoms with van der Waals surface area (Å²) in [5, 5.41) is 10.1. The number of alkyl halides is 1. The van der Waals surface area contributed by atoms with Crippen LogP contribution in [-0.2, 0) is 0 Å². The molecular weight excluding hydrogens is 248 g/mol. The predicted molar refractivity (Wildman–Crippen MR) is 81.4 cm³/mol. The Kier molecular flexibility index (Phi) is 7.69. The average Bonchev–Trinajstić information content (AvgIpc) is 2.14. The minimum atomic E-state index is -1.44. The van der Waals surface area contributed by atoms with Crippen LogP contribution in [0.25, 0.3) is 0 Å². The molecule has 0 aromatic carbocycles. The van der Waals surface area contributed by atoms with Crippen molar-refractivity contribution in [3.8, 4) is 0 Å². The molecule has 3 heteroatoms. The Labute approximate surface area is 113 Å². The van der Waals surface area contributed by atoms with E-state index in [1.165, 1.54) is 5.57 Å². The molecule has 0 fully saturated rings. The highest BCUT2D eigenvalue weighted by Crippen LogP contribution is 2.24. The fraction of sp³-hybridized carbons (Fsp3) is 0.857. The Balaban J connectivity index is 4.03. The van der Waals surface area contributed by atoms with E-state index in [0.29, 0.717) is 5.92 Å². The molecule has 0 aliphatic carbocycles. The van der Waals surface area contributed by atoms with Crippen molar-refractivity contribution in [3.63, 3.8) is 0 Å². The second-order valence-electron chi connectivity index (χ2n) is 6.53. The van der Waals surface area contributed by atoms with Gasteiger partial charge in [-0.1, -0.05) is 38.2 Å². The molecule has 3 unspecified atom stereocenters. The topological polar surface area (TPSA) is 20.2 Å². The molecule has 0 radical (unpaired) electrons. The molecule has 102 valence electrons. The van der Waals surface area contributed by atoms with Gasteiger partial charge in [-0.25, -0.2) is 0 Å². The number of rotatable bonds is 7. The van der Waals surface area contributed by atoms with E-state index in [-0.39, 0.29) is 11.1 Å². The summed E-state index contributed by atoms with van der Waals surface area (Å²) in [6, 6.07) is 0. The molecule has 0 aliphatic rings. The molecule has 0 rings (SSSR count). The summed E-state index contributed by atoms with van der Waals surface area (Å²) in [5.41, 5.74) is 1.37. The molecule has 3 atom stereocenters. The zero-order valence-electron chi connectivity index (χ0n) is 12.3. The third kappa shape index (κ3) is 8.01. The van der Waals surface area contributed by atoms with Crippen molar-refractivity contribution in [2.45, 2.75) is 70.8 Å². The zero-order valence-corrected chi connectivity index (χ0v) is 14.0. The maximum Gasteiger partial charge on any atom is 0.0682 e. The first-order valence-corrected chi connectivity index (χ1v) is 10.6. The molecule has 17 heavy (non-hydrogen) atoms. The normalized spacial score (nSPS) is 17.4. The van der Waals surface area contributed by atoms with Gasteiger partial charge in [0.2, 0.25) is 0 Å². The molecule has 0 spiro atoms. The number of aliphatic hydroxyl groups is 1. The van der Waals surface area contributed by atoms with Gasteiger partial charge in [-0.05, 0) is 39.0 Å². The van der Waals surface area contributed by atoms with Crippen molar-refractivity contribution in [1.29, 1.82) is 0 Å². The van der Waals surface area contributed by atoms with E-state index >= 15 is 0 Å². The first-order valence-electron chi connectivity index (χ1n) is 6.60. The summed E-state index contributed by atoms with van der Waals surface area (Å²) in [7, 11) is -1.44. The lowest BCUT2D eigenvalue weighted by Gasteiger charge is -2.29. The highest BCUT2D eigenvalue weighted by Gasteiger charge is 2.31. The van der Waals surface area contributed by atoms with Crippen LogP contribution in [0.5, 0.6) is 0 Å². The van der Waals surface area contributed by atoms with Crippen LogP contribution < -0.4 is 0 Å². The Bertz CT molecular complexity index is 241. The molecular formula is C14H29ClOSi. The average molecular weight is 277 g/mol. The van der Waals surface area contributed by atoms with Crippen molar-refractivity contribution < 1.29 is 5.11 Å². The Morgan fingerprint density at radius 2 is 1.82 bits per heavy atom. The second-order valence-corrected chi connectivity index (χ2v) is 12.7. The molecule has 0 saturated carbocycles. The van der Waals surface area contributed by atoms with E-state index in [1.54, 1.807) is 0 Å². The molecule has 0 saturated heterocycles. The minimum Gasteiger partial charge on any atom is -0.392 e. The van der Waals surface area contributed by atoms with Crippen LogP contribution in [0.3, 0.4) is 0 Å². The van der Waals surface area contributed by atoms with Gasteiger partial charge < -0.3 is 5.11 Å². The number of aliphatic hydroxyl groups excluding tert-OH is 1. The summed E-state index contributed by atoms with van der Waals surface area (Å²) >= 11 is 6.34. The molecule has 0 aromatic rings. The molecule has 1 nitrogen and oxygen atoms in total. The van der Waals surface area contributed by atoms with Gasteiger partial charge in [0.1, 0.15) is 0 Å². The quantitative estimate of drug-likeness (QED) is 0.409. The lowest BCUT2D eigenvalue weighted by atomic mass is 9.98. The van der Waals surface area contributed by atoms with E-state index in [1.807, 2.05) is 0 Å². The van der Waals surface area contributed by atoms with Crippen LogP contribution >= 0.6 is 11.6 Å². The number of hydrogen-bond donors (Lipinski definition) is 1. The van der Waals surface area contributed by atoms with Crippen molar-refractivity contribution in [3.05, 3.63) is 11.6 Å². The molecule has 0 aromatic heterocycles. The van der Waals surface area contributed by atoms with Crippen molar-refractivity contribution in [2.75, 3.05) is 0 Å². The van der Waals surface area contributed by atoms with Gasteiger partial charge in [0.05, 0.1) is 19.2 Å². The van der Waals surface area contributed by atoms with Crippen LogP contribution in [0.4, 0.5) is 0 Å². The largest absolute Gasteiger partial charge is 0.392 e. The molecule has 0 bridgehead atoms. The van der Waals surface area contributed by atoms with Crippen molar-refractivity contribution in [1.82, 2.24) is 0 Å². The lowest BCUT2D eigenvalue weighted by Crippen LogP contribution is -2.43. The van der Waals surface area contributed by atoms with Gasteiger partial charge in [0.15, 0.2) is 0 Å². The Morgan fingerprint density at radius 3 is 2.24 bits per heavy atom. The first kappa shape index (κ1) is 17.2. The fourth-order valence-corrected chi connectivity index (χ4v) is 3.28. The number of allylic oxidation sites excluding steroid dienone is 2. The fourth-order valence-electron chi connectivity index (χ4n) is 1.88. The van der Waals surface area contributed by atoms with Gasteiger partial charge in [-0.3, -0.25) is 0 Å². The standard InChI is InChI=1S/C14H29ClOSi/c1-11(2)8-7-9-12(3)10-13(16)14(15)17(4,5)6/h8,12-14,16H,7,9-10H2,1-6H3. The molecule has 0 aliphatic heterocycles. The van der Waals surface area contributed by atoms with Gasteiger partial charge in [-0.15, -0.1) is 11.6 Å². The van der Waals surface area contributed by atoms with Gasteiger partial charge in [0, 0.05) is 0 Å². The summed E-state index contributed by atoms with van der Waals surface area (Å²) in [5.74, 6) is 0.540. The highest BCUT2D eigenvalue weighted by atomic mass is 35.5. The van der Waals surface area contributed by atoms with Crippen LogP contribution in [0, 0.1) is 5.92 Å². The summed E-state index contributed by atoms with van der Waals surface area (Å²) in [6.45, 7) is 13.1. The van der Waals surface area contributed by atoms with E-state index in [9.17, 15) is 5.11 Å². The van der Waals surface area contributed by atoms with Crippen LogP contribution in [0.15, 0.2) is 11.6 Å². The van der Waals surface area contributed by atoms with Gasteiger partial charge in [-0.2, -0.15) is 0 Å². The number of halogens is 1. The van der Waals surface area contributed by atoms with E-state index < -0.39 is 8.07 Å². The lowest BCUT2D eigenvalue weighted by molar-refractivity contribution is 0.154. The van der Waals surface area contributed by atoms with Crippen LogP contribution in [0.2, 0.25) is 19.6 Å². The molecule has 0 amide bonds. The molecule has 1 N–H and O–H groups in total. The molecule has 0 heterocycles. The van der Waals surface area contributed by atoms with Gasteiger partial charge in [0.25, 0.3) is 0 Å². The minimum absolute atomic E-state index is 0.0339. The third-order valence-corrected chi connectivity index (χ3v) is 7.32. The zero-order chi connectivity index (χ0) is 13.6. The van der Waals surface area contributed by atoms with E-state index in [2.05, 4.69) is 46.5 Å². The number of hydrogen-bond acceptors (Lipinski definition) is 1. The smallest absolute Gasteiger partial charge is 0.0682 e. The second kappa shape index (κ2) is 7.60. The van der Waals surface area contributed by atoms with E-state index in [4.69, 9.17) is 11.6 Å². The van der Waals surface area contributed by atoms with Crippen molar-refractivity contribution >= 4 is 19.7 Å². The highest BCUT2D eigenvalue weighted by molar-refractivity contribution is 6.84. The summed E-state index contributed by atoms with van der Waals surface area (Å²) in [4.78, 5) is 0. The van der Waals surface area contributed by atoms with E-state index in [0.717, 1.165) is 19.3 Å². The van der Waals surface area contributed by atoms with Crippen molar-refractivity contribution in [2.24, 2.45) is 5.92 Å².